The van der Waals surface area contributed by atoms with E-state index in [2.05, 4.69) is 17.1 Å². The number of hydrogen-bond donors (Lipinski definition) is 1. The van der Waals surface area contributed by atoms with Gasteiger partial charge in [-0.25, -0.2) is 13.2 Å². The van der Waals surface area contributed by atoms with Gasteiger partial charge in [0.1, 0.15) is 0 Å². The van der Waals surface area contributed by atoms with Crippen LogP contribution in [0.2, 0.25) is 0 Å². The van der Waals surface area contributed by atoms with Crippen molar-refractivity contribution in [1.82, 2.24) is 14.5 Å². The highest BCUT2D eigenvalue weighted by molar-refractivity contribution is 7.89. The Morgan fingerprint density at radius 2 is 1.71 bits per heavy atom. The second-order valence-corrected chi connectivity index (χ2v) is 10.2. The lowest BCUT2D eigenvalue weighted by Crippen LogP contribution is -2.48. The highest BCUT2D eigenvalue weighted by atomic mass is 32.2. The lowest BCUT2D eigenvalue weighted by molar-refractivity contribution is -0.127. The van der Waals surface area contributed by atoms with Gasteiger partial charge in [-0.3, -0.25) is 4.79 Å². The van der Waals surface area contributed by atoms with Crippen molar-refractivity contribution in [2.24, 2.45) is 5.92 Å². The van der Waals surface area contributed by atoms with E-state index >= 15 is 0 Å². The SMILES string of the molecule is CCCN1CCC(NC(=O)C2CCN(S(=O)(=O)c3ccccc3C(=O)OC)CC2)CC1. The Kier molecular flexibility index (Phi) is 8.07. The predicted molar refractivity (Wildman–Crippen MR) is 117 cm³/mol. The molecule has 1 aromatic carbocycles. The summed E-state index contributed by atoms with van der Waals surface area (Å²) in [6.45, 7) is 5.81. The smallest absolute Gasteiger partial charge is 0.339 e. The summed E-state index contributed by atoms with van der Waals surface area (Å²) >= 11 is 0. The Bertz CT molecular complexity index is 873. The number of nitrogens with zero attached hydrogens (tertiary/aromatic N) is 2. The van der Waals surface area contributed by atoms with Crippen molar-refractivity contribution in [2.45, 2.75) is 50.0 Å². The highest BCUT2D eigenvalue weighted by Crippen LogP contribution is 2.26. The normalized spacial score (nSPS) is 19.8. The zero-order valence-electron chi connectivity index (χ0n) is 18.4. The molecule has 0 aliphatic carbocycles. The quantitative estimate of drug-likeness (QED) is 0.636. The molecule has 2 saturated heterocycles. The van der Waals surface area contributed by atoms with Crippen LogP contribution in [0.25, 0.3) is 0 Å². The van der Waals surface area contributed by atoms with Gasteiger partial charge in [-0.1, -0.05) is 19.1 Å². The third kappa shape index (κ3) is 5.64. The van der Waals surface area contributed by atoms with Crippen LogP contribution in [-0.2, 0) is 19.6 Å². The fourth-order valence-corrected chi connectivity index (χ4v) is 6.05. The number of piperidine rings is 2. The largest absolute Gasteiger partial charge is 0.465 e. The Balaban J connectivity index is 1.56. The monoisotopic (exact) mass is 451 g/mol. The molecule has 1 aromatic rings. The third-order valence-electron chi connectivity index (χ3n) is 6.21. The fraction of sp³-hybridized carbons (Fsp3) is 0.636. The number of rotatable bonds is 7. The van der Waals surface area contributed by atoms with Crippen molar-refractivity contribution < 1.29 is 22.7 Å². The van der Waals surface area contributed by atoms with Crippen molar-refractivity contribution in [2.75, 3.05) is 39.8 Å². The average Bonchev–Trinajstić information content (AvgIpc) is 2.80. The van der Waals surface area contributed by atoms with Crippen molar-refractivity contribution in [3.63, 3.8) is 0 Å². The van der Waals surface area contributed by atoms with E-state index in [0.717, 1.165) is 38.9 Å². The Morgan fingerprint density at radius 3 is 2.32 bits per heavy atom. The van der Waals surface area contributed by atoms with Gasteiger partial charge >= 0.3 is 5.97 Å². The minimum absolute atomic E-state index is 0.0271. The van der Waals surface area contributed by atoms with Gasteiger partial charge in [-0.05, 0) is 50.8 Å². The number of nitrogens with one attached hydrogen (secondary N) is 1. The number of esters is 1. The van der Waals surface area contributed by atoms with Gasteiger partial charge in [-0.2, -0.15) is 4.31 Å². The number of carbonyl (C=O) groups excluding carboxylic acids is 2. The Morgan fingerprint density at radius 1 is 1.06 bits per heavy atom. The summed E-state index contributed by atoms with van der Waals surface area (Å²) in [5.41, 5.74) is 0.0271. The van der Waals surface area contributed by atoms with E-state index < -0.39 is 16.0 Å². The maximum absolute atomic E-state index is 13.1. The summed E-state index contributed by atoms with van der Waals surface area (Å²) in [7, 11) is -2.61. The molecule has 0 radical (unpaired) electrons. The van der Waals surface area contributed by atoms with E-state index in [1.165, 1.54) is 23.5 Å². The molecule has 8 nitrogen and oxygen atoms in total. The molecule has 0 saturated carbocycles. The van der Waals surface area contributed by atoms with Crippen LogP contribution in [0.5, 0.6) is 0 Å². The number of carbonyl (C=O) groups is 2. The van der Waals surface area contributed by atoms with E-state index in [0.29, 0.717) is 12.8 Å². The number of amides is 1. The first-order valence-electron chi connectivity index (χ1n) is 11.1. The van der Waals surface area contributed by atoms with Gasteiger partial charge in [0.2, 0.25) is 15.9 Å². The molecule has 2 aliphatic heterocycles. The highest BCUT2D eigenvalue weighted by Gasteiger charge is 2.35. The first-order chi connectivity index (χ1) is 14.9. The molecule has 2 aliphatic rings. The summed E-state index contributed by atoms with van der Waals surface area (Å²) in [5.74, 6) is -0.838. The first-order valence-corrected chi connectivity index (χ1v) is 12.5. The van der Waals surface area contributed by atoms with Crippen molar-refractivity contribution >= 4 is 21.9 Å². The summed E-state index contributed by atoms with van der Waals surface area (Å²) in [4.78, 5) is 27.1. The lowest BCUT2D eigenvalue weighted by Gasteiger charge is -2.34. The fourth-order valence-electron chi connectivity index (χ4n) is 4.40. The van der Waals surface area contributed by atoms with Crippen LogP contribution >= 0.6 is 0 Å². The number of sulfonamides is 1. The van der Waals surface area contributed by atoms with E-state index in [-0.39, 0.29) is 41.4 Å². The van der Waals surface area contributed by atoms with Gasteiger partial charge in [0.15, 0.2) is 0 Å². The Labute approximate surface area is 185 Å². The van der Waals surface area contributed by atoms with Crippen LogP contribution in [0.15, 0.2) is 29.2 Å². The predicted octanol–water partition coefficient (Wildman–Crippen LogP) is 1.86. The molecule has 1 N–H and O–H groups in total. The van der Waals surface area contributed by atoms with E-state index in [1.54, 1.807) is 12.1 Å². The summed E-state index contributed by atoms with van der Waals surface area (Å²) in [5, 5.41) is 3.17. The van der Waals surface area contributed by atoms with E-state index in [4.69, 9.17) is 4.74 Å². The summed E-state index contributed by atoms with van der Waals surface area (Å²) in [6.07, 6.45) is 4.01. The van der Waals surface area contributed by atoms with Gasteiger partial charge in [-0.15, -0.1) is 0 Å². The second-order valence-electron chi connectivity index (χ2n) is 8.29. The van der Waals surface area contributed by atoms with Crippen LogP contribution in [0.4, 0.5) is 0 Å². The maximum Gasteiger partial charge on any atom is 0.339 e. The third-order valence-corrected chi connectivity index (χ3v) is 8.17. The molecule has 1 amide bonds. The average molecular weight is 452 g/mol. The van der Waals surface area contributed by atoms with Crippen LogP contribution < -0.4 is 5.32 Å². The number of benzene rings is 1. The van der Waals surface area contributed by atoms with Gasteiger partial charge in [0, 0.05) is 38.1 Å². The van der Waals surface area contributed by atoms with Crippen molar-refractivity contribution in [3.8, 4) is 0 Å². The van der Waals surface area contributed by atoms with Crippen molar-refractivity contribution in [1.29, 1.82) is 0 Å². The zero-order valence-corrected chi connectivity index (χ0v) is 19.2. The molecular formula is C22H33N3O5S. The molecule has 0 atom stereocenters. The molecular weight excluding hydrogens is 418 g/mol. The summed E-state index contributed by atoms with van der Waals surface area (Å²) in [6, 6.07) is 6.27. The standard InChI is InChI=1S/C22H33N3O5S/c1-3-12-24-13-10-18(11-14-24)23-21(26)17-8-15-25(16-9-17)31(28,29)20-7-5-4-6-19(20)22(27)30-2/h4-7,17-18H,3,8-16H2,1-2H3,(H,23,26). The molecule has 2 heterocycles. The molecule has 0 unspecified atom stereocenters. The minimum Gasteiger partial charge on any atom is -0.465 e. The molecule has 172 valence electrons. The number of hydrogen-bond acceptors (Lipinski definition) is 6. The Hall–Kier alpha value is -1.97. The molecule has 2 fully saturated rings. The second kappa shape index (κ2) is 10.6. The van der Waals surface area contributed by atoms with Crippen LogP contribution in [-0.4, -0.2) is 75.4 Å². The minimum atomic E-state index is -3.84. The first kappa shape index (κ1) is 23.7. The zero-order chi connectivity index (χ0) is 22.4. The van der Waals surface area contributed by atoms with Gasteiger partial charge in [0.25, 0.3) is 0 Å². The van der Waals surface area contributed by atoms with Crippen LogP contribution in [0.1, 0.15) is 49.4 Å². The molecule has 0 spiro atoms. The topological polar surface area (TPSA) is 96.0 Å². The molecule has 9 heteroatoms. The number of ether oxygens (including phenoxy) is 1. The maximum atomic E-state index is 13.1. The van der Waals surface area contributed by atoms with E-state index in [1.807, 2.05) is 0 Å². The lowest BCUT2D eigenvalue weighted by atomic mass is 9.96. The van der Waals surface area contributed by atoms with Crippen LogP contribution in [0, 0.1) is 5.92 Å². The number of likely N-dealkylation sites (tertiary alicyclic amines) is 1. The van der Waals surface area contributed by atoms with E-state index in [9.17, 15) is 18.0 Å². The molecule has 31 heavy (non-hydrogen) atoms. The van der Waals surface area contributed by atoms with Gasteiger partial charge < -0.3 is 15.0 Å². The van der Waals surface area contributed by atoms with Crippen LogP contribution in [0.3, 0.4) is 0 Å². The van der Waals surface area contributed by atoms with Crippen molar-refractivity contribution in [3.05, 3.63) is 29.8 Å². The number of methoxy groups -OCH3 is 1. The molecule has 0 bridgehead atoms. The van der Waals surface area contributed by atoms with Gasteiger partial charge in [0.05, 0.1) is 17.6 Å². The molecule has 3 rings (SSSR count). The summed E-state index contributed by atoms with van der Waals surface area (Å²) < 4.78 is 32.3. The molecule has 0 aromatic heterocycles.